The summed E-state index contributed by atoms with van der Waals surface area (Å²) in [5.74, 6) is 0.569. The van der Waals surface area contributed by atoms with Crippen LogP contribution in [0.4, 0.5) is 0 Å². The second-order valence-electron chi connectivity index (χ2n) is 5.12. The van der Waals surface area contributed by atoms with Gasteiger partial charge in [0, 0.05) is 11.4 Å². The molecule has 1 aromatic rings. The van der Waals surface area contributed by atoms with Crippen molar-refractivity contribution in [2.45, 2.75) is 50.2 Å². The number of hydrogen-bond acceptors (Lipinski definition) is 4. The number of carbonyl (C=O) groups excluding carboxylic acids is 1. The molecule has 1 rings (SSSR count). The van der Waals surface area contributed by atoms with Crippen LogP contribution in [-0.2, 0) is 4.79 Å². The van der Waals surface area contributed by atoms with E-state index in [9.17, 15) is 4.79 Å². The van der Waals surface area contributed by atoms with Crippen LogP contribution in [0.5, 0.6) is 5.75 Å². The molecule has 1 atom stereocenters. The molecule has 0 saturated carbocycles. The van der Waals surface area contributed by atoms with Gasteiger partial charge in [0.05, 0.1) is 5.54 Å². The second kappa shape index (κ2) is 8.29. The third-order valence-electron chi connectivity index (χ3n) is 3.87. The molecule has 0 aliphatic carbocycles. The van der Waals surface area contributed by atoms with E-state index in [1.165, 1.54) is 4.90 Å². The zero-order valence-electron chi connectivity index (χ0n) is 13.3. The van der Waals surface area contributed by atoms with Crippen LogP contribution in [-0.4, -0.2) is 30.4 Å². The molecule has 21 heavy (non-hydrogen) atoms. The number of nitrogens with one attached hydrogen (secondary N) is 1. The van der Waals surface area contributed by atoms with Crippen LogP contribution < -0.4 is 15.8 Å². The van der Waals surface area contributed by atoms with E-state index >= 15 is 0 Å². The molecule has 1 amide bonds. The average Bonchev–Trinajstić information content (AvgIpc) is 2.53. The van der Waals surface area contributed by atoms with Gasteiger partial charge in [0.25, 0.3) is 5.91 Å². The van der Waals surface area contributed by atoms with E-state index in [4.69, 9.17) is 10.5 Å². The molecule has 1 aromatic carbocycles. The molecule has 0 fully saturated rings. The summed E-state index contributed by atoms with van der Waals surface area (Å²) in [4.78, 5) is 13.4. The molecule has 3 N–H and O–H groups in total. The van der Waals surface area contributed by atoms with E-state index in [2.05, 4.69) is 5.32 Å². The first-order valence-corrected chi connectivity index (χ1v) is 8.55. The highest BCUT2D eigenvalue weighted by Gasteiger charge is 2.28. The SMILES string of the molecule is CCC(CC)(CN)NC(=O)C(C)Oc1ccc(SC)cc1. The largest absolute Gasteiger partial charge is 0.481 e. The maximum absolute atomic E-state index is 12.3. The van der Waals surface area contributed by atoms with E-state index in [0.717, 1.165) is 12.8 Å². The maximum Gasteiger partial charge on any atom is 0.261 e. The Hall–Kier alpha value is -1.20. The molecule has 5 heteroatoms. The number of rotatable bonds is 8. The van der Waals surface area contributed by atoms with Crippen LogP contribution in [0, 0.1) is 0 Å². The first-order valence-electron chi connectivity index (χ1n) is 7.33. The lowest BCUT2D eigenvalue weighted by molar-refractivity contribution is -0.129. The average molecular weight is 310 g/mol. The van der Waals surface area contributed by atoms with E-state index in [-0.39, 0.29) is 11.4 Å². The Kier molecular flexibility index (Phi) is 7.05. The van der Waals surface area contributed by atoms with E-state index in [1.54, 1.807) is 18.7 Å². The smallest absolute Gasteiger partial charge is 0.261 e. The Labute approximate surface area is 131 Å². The van der Waals surface area contributed by atoms with Crippen molar-refractivity contribution in [2.24, 2.45) is 5.73 Å². The minimum Gasteiger partial charge on any atom is -0.481 e. The zero-order valence-corrected chi connectivity index (χ0v) is 14.1. The fourth-order valence-corrected chi connectivity index (χ4v) is 2.45. The van der Waals surface area contributed by atoms with Gasteiger partial charge in [-0.05, 0) is 50.3 Å². The Bertz CT molecular complexity index is 436. The van der Waals surface area contributed by atoms with Crippen molar-refractivity contribution in [1.29, 1.82) is 0 Å². The summed E-state index contributed by atoms with van der Waals surface area (Å²) in [7, 11) is 0. The topological polar surface area (TPSA) is 64.3 Å². The Morgan fingerprint density at radius 1 is 1.33 bits per heavy atom. The molecular weight excluding hydrogens is 284 g/mol. The third kappa shape index (κ3) is 4.93. The predicted molar refractivity (Wildman–Crippen MR) is 88.8 cm³/mol. The van der Waals surface area contributed by atoms with Crippen LogP contribution in [0.15, 0.2) is 29.2 Å². The van der Waals surface area contributed by atoms with Gasteiger partial charge in [0.1, 0.15) is 5.75 Å². The van der Waals surface area contributed by atoms with Crippen LogP contribution in [0.2, 0.25) is 0 Å². The number of ether oxygens (including phenoxy) is 1. The third-order valence-corrected chi connectivity index (χ3v) is 4.62. The van der Waals surface area contributed by atoms with Gasteiger partial charge in [-0.15, -0.1) is 11.8 Å². The molecule has 0 bridgehead atoms. The summed E-state index contributed by atoms with van der Waals surface area (Å²) in [6, 6.07) is 7.72. The van der Waals surface area contributed by atoms with Gasteiger partial charge in [-0.25, -0.2) is 0 Å². The number of amides is 1. The lowest BCUT2D eigenvalue weighted by atomic mass is 9.92. The quantitative estimate of drug-likeness (QED) is 0.725. The van der Waals surface area contributed by atoms with Crippen molar-refractivity contribution < 1.29 is 9.53 Å². The van der Waals surface area contributed by atoms with Gasteiger partial charge >= 0.3 is 0 Å². The van der Waals surface area contributed by atoms with Crippen molar-refractivity contribution >= 4 is 17.7 Å². The highest BCUT2D eigenvalue weighted by Crippen LogP contribution is 2.20. The fraction of sp³-hybridized carbons (Fsp3) is 0.562. The standard InChI is InChI=1S/C16H26N2O2S/c1-5-16(6-2,11-17)18-15(19)12(3)20-13-7-9-14(21-4)10-8-13/h7-10,12H,5-6,11,17H2,1-4H3,(H,18,19). The monoisotopic (exact) mass is 310 g/mol. The summed E-state index contributed by atoms with van der Waals surface area (Å²) in [5.41, 5.74) is 5.47. The van der Waals surface area contributed by atoms with Crippen molar-refractivity contribution in [2.75, 3.05) is 12.8 Å². The highest BCUT2D eigenvalue weighted by molar-refractivity contribution is 7.98. The first kappa shape index (κ1) is 17.9. The van der Waals surface area contributed by atoms with Gasteiger partial charge in [-0.3, -0.25) is 4.79 Å². The fourth-order valence-electron chi connectivity index (χ4n) is 2.04. The van der Waals surface area contributed by atoms with E-state index in [1.807, 2.05) is 44.4 Å². The summed E-state index contributed by atoms with van der Waals surface area (Å²) < 4.78 is 5.69. The van der Waals surface area contributed by atoms with Crippen LogP contribution >= 0.6 is 11.8 Å². The van der Waals surface area contributed by atoms with Gasteiger partial charge in [-0.1, -0.05) is 13.8 Å². The highest BCUT2D eigenvalue weighted by atomic mass is 32.2. The minimum atomic E-state index is -0.547. The lowest BCUT2D eigenvalue weighted by Crippen LogP contribution is -2.55. The molecular formula is C16H26N2O2S. The van der Waals surface area contributed by atoms with Gasteiger partial charge < -0.3 is 15.8 Å². The molecule has 1 unspecified atom stereocenters. The van der Waals surface area contributed by atoms with Crippen molar-refractivity contribution in [3.05, 3.63) is 24.3 Å². The normalized spacial score (nSPS) is 12.8. The summed E-state index contributed by atoms with van der Waals surface area (Å²) in [6.07, 6.45) is 3.09. The first-order chi connectivity index (χ1) is 10.00. The Balaban J connectivity index is 2.65. The molecule has 0 aromatic heterocycles. The molecule has 118 valence electrons. The molecule has 0 saturated heterocycles. The molecule has 4 nitrogen and oxygen atoms in total. The Morgan fingerprint density at radius 2 is 1.90 bits per heavy atom. The van der Waals surface area contributed by atoms with Gasteiger partial charge in [-0.2, -0.15) is 0 Å². The van der Waals surface area contributed by atoms with Crippen LogP contribution in [0.3, 0.4) is 0 Å². The summed E-state index contributed by atoms with van der Waals surface area (Å²) in [6.45, 7) is 6.25. The molecule has 0 spiro atoms. The lowest BCUT2D eigenvalue weighted by Gasteiger charge is -2.32. The van der Waals surface area contributed by atoms with E-state index < -0.39 is 6.10 Å². The molecule has 0 heterocycles. The maximum atomic E-state index is 12.3. The van der Waals surface area contributed by atoms with Crippen molar-refractivity contribution in [3.63, 3.8) is 0 Å². The second-order valence-corrected chi connectivity index (χ2v) is 6.00. The molecule has 0 aliphatic heterocycles. The number of thioether (sulfide) groups is 1. The van der Waals surface area contributed by atoms with Crippen LogP contribution in [0.25, 0.3) is 0 Å². The predicted octanol–water partition coefficient (Wildman–Crippen LogP) is 2.81. The van der Waals surface area contributed by atoms with Crippen LogP contribution in [0.1, 0.15) is 33.6 Å². The molecule has 0 aliphatic rings. The number of carbonyl (C=O) groups is 1. The number of nitrogens with two attached hydrogens (primary N) is 1. The van der Waals surface area contributed by atoms with Gasteiger partial charge in [0.2, 0.25) is 0 Å². The number of hydrogen-bond donors (Lipinski definition) is 2. The van der Waals surface area contributed by atoms with Crippen molar-refractivity contribution in [1.82, 2.24) is 5.32 Å². The minimum absolute atomic E-state index is 0.127. The number of benzene rings is 1. The summed E-state index contributed by atoms with van der Waals surface area (Å²) >= 11 is 1.67. The Morgan fingerprint density at radius 3 is 2.33 bits per heavy atom. The van der Waals surface area contributed by atoms with Gasteiger partial charge in [0.15, 0.2) is 6.10 Å². The zero-order chi connectivity index (χ0) is 15.9. The van der Waals surface area contributed by atoms with Crippen molar-refractivity contribution in [3.8, 4) is 5.75 Å². The van der Waals surface area contributed by atoms with E-state index in [0.29, 0.717) is 12.3 Å². The summed E-state index contributed by atoms with van der Waals surface area (Å²) in [5, 5.41) is 3.03. The molecule has 0 radical (unpaired) electrons.